The van der Waals surface area contributed by atoms with Crippen LogP contribution in [0.1, 0.15) is 31.7 Å². The fourth-order valence-corrected chi connectivity index (χ4v) is 2.25. The van der Waals surface area contributed by atoms with E-state index in [0.29, 0.717) is 6.04 Å². The summed E-state index contributed by atoms with van der Waals surface area (Å²) in [4.78, 5) is 0. The van der Waals surface area contributed by atoms with Crippen molar-refractivity contribution in [3.8, 4) is 0 Å². The van der Waals surface area contributed by atoms with Gasteiger partial charge in [0.15, 0.2) is 0 Å². The van der Waals surface area contributed by atoms with Crippen LogP contribution in [-0.4, -0.2) is 25.8 Å². The predicted molar refractivity (Wildman–Crippen MR) is 75.8 cm³/mol. The molecule has 1 aliphatic carbocycles. The molecule has 0 aromatic heterocycles. The van der Waals surface area contributed by atoms with E-state index < -0.39 is 0 Å². The first kappa shape index (κ1) is 13.6. The number of rotatable bonds is 9. The van der Waals surface area contributed by atoms with Gasteiger partial charge in [0.05, 0.1) is 6.61 Å². The van der Waals surface area contributed by atoms with E-state index in [-0.39, 0.29) is 0 Å². The highest BCUT2D eigenvalue weighted by Gasteiger charge is 2.26. The maximum absolute atomic E-state index is 5.64. The van der Waals surface area contributed by atoms with Gasteiger partial charge in [0.25, 0.3) is 0 Å². The molecule has 0 spiro atoms. The van der Waals surface area contributed by atoms with Gasteiger partial charge in [-0.25, -0.2) is 0 Å². The van der Waals surface area contributed by atoms with Gasteiger partial charge in [0, 0.05) is 19.2 Å². The molecule has 1 unspecified atom stereocenters. The van der Waals surface area contributed by atoms with Crippen molar-refractivity contribution >= 4 is 0 Å². The monoisotopic (exact) mass is 247 g/mol. The molecule has 0 radical (unpaired) electrons. The summed E-state index contributed by atoms with van der Waals surface area (Å²) >= 11 is 0. The van der Waals surface area contributed by atoms with E-state index in [1.54, 1.807) is 0 Å². The van der Waals surface area contributed by atoms with Crippen molar-refractivity contribution < 1.29 is 4.74 Å². The summed E-state index contributed by atoms with van der Waals surface area (Å²) in [6, 6.07) is 11.3. The van der Waals surface area contributed by atoms with Gasteiger partial charge in [-0.2, -0.15) is 0 Å². The third-order valence-corrected chi connectivity index (χ3v) is 3.64. The summed E-state index contributed by atoms with van der Waals surface area (Å²) in [6.45, 7) is 4.98. The van der Waals surface area contributed by atoms with Crippen LogP contribution in [-0.2, 0) is 11.2 Å². The SMILES string of the molecule is CC(NCCOCCCc1ccccc1)C1CC1. The van der Waals surface area contributed by atoms with Crippen molar-refractivity contribution in [3.63, 3.8) is 0 Å². The highest BCUT2D eigenvalue weighted by Crippen LogP contribution is 2.32. The van der Waals surface area contributed by atoms with E-state index in [9.17, 15) is 0 Å². The Morgan fingerprint density at radius 1 is 1.22 bits per heavy atom. The van der Waals surface area contributed by atoms with Crippen molar-refractivity contribution in [2.75, 3.05) is 19.8 Å². The lowest BCUT2D eigenvalue weighted by atomic mass is 10.1. The van der Waals surface area contributed by atoms with E-state index >= 15 is 0 Å². The van der Waals surface area contributed by atoms with Crippen LogP contribution in [0.5, 0.6) is 0 Å². The predicted octanol–water partition coefficient (Wildman–Crippen LogP) is 3.02. The Labute approximate surface area is 111 Å². The van der Waals surface area contributed by atoms with Crippen molar-refractivity contribution in [2.24, 2.45) is 5.92 Å². The van der Waals surface area contributed by atoms with Crippen LogP contribution in [0.4, 0.5) is 0 Å². The van der Waals surface area contributed by atoms with E-state index in [1.165, 1.54) is 18.4 Å². The molecule has 100 valence electrons. The number of hydrogen-bond donors (Lipinski definition) is 1. The summed E-state index contributed by atoms with van der Waals surface area (Å²) in [5, 5.41) is 3.53. The Morgan fingerprint density at radius 2 is 2.00 bits per heavy atom. The molecule has 2 rings (SSSR count). The molecule has 2 heteroatoms. The van der Waals surface area contributed by atoms with Crippen molar-refractivity contribution in [1.29, 1.82) is 0 Å². The van der Waals surface area contributed by atoms with E-state index in [2.05, 4.69) is 42.6 Å². The molecular formula is C16H25NO. The Balaban J connectivity index is 1.42. The Bertz CT molecular complexity index is 321. The van der Waals surface area contributed by atoms with Gasteiger partial charge in [-0.3, -0.25) is 0 Å². The Hall–Kier alpha value is -0.860. The second kappa shape index (κ2) is 7.55. The summed E-state index contributed by atoms with van der Waals surface area (Å²) in [5.74, 6) is 0.933. The third kappa shape index (κ3) is 5.19. The highest BCUT2D eigenvalue weighted by atomic mass is 16.5. The molecule has 1 N–H and O–H groups in total. The largest absolute Gasteiger partial charge is 0.380 e. The number of hydrogen-bond acceptors (Lipinski definition) is 2. The molecule has 1 saturated carbocycles. The van der Waals surface area contributed by atoms with Gasteiger partial charge in [-0.15, -0.1) is 0 Å². The molecule has 0 aliphatic heterocycles. The van der Waals surface area contributed by atoms with Gasteiger partial charge in [0.2, 0.25) is 0 Å². The smallest absolute Gasteiger partial charge is 0.0591 e. The van der Waals surface area contributed by atoms with Gasteiger partial charge >= 0.3 is 0 Å². The van der Waals surface area contributed by atoms with Crippen LogP contribution >= 0.6 is 0 Å². The lowest BCUT2D eigenvalue weighted by molar-refractivity contribution is 0.131. The second-order valence-electron chi connectivity index (χ2n) is 5.28. The highest BCUT2D eigenvalue weighted by molar-refractivity contribution is 5.14. The molecule has 1 fully saturated rings. The minimum absolute atomic E-state index is 0.679. The zero-order chi connectivity index (χ0) is 12.6. The molecule has 1 aromatic carbocycles. The van der Waals surface area contributed by atoms with Gasteiger partial charge in [0.1, 0.15) is 0 Å². The third-order valence-electron chi connectivity index (χ3n) is 3.64. The fraction of sp³-hybridized carbons (Fsp3) is 0.625. The number of aryl methyl sites for hydroxylation is 1. The normalized spacial score (nSPS) is 16.7. The summed E-state index contributed by atoms with van der Waals surface area (Å²) < 4.78 is 5.64. The average molecular weight is 247 g/mol. The fourth-order valence-electron chi connectivity index (χ4n) is 2.25. The van der Waals surface area contributed by atoms with Gasteiger partial charge in [-0.1, -0.05) is 30.3 Å². The lowest BCUT2D eigenvalue weighted by Crippen LogP contribution is -2.31. The molecular weight excluding hydrogens is 222 g/mol. The van der Waals surface area contributed by atoms with Crippen molar-refractivity contribution in [1.82, 2.24) is 5.32 Å². The maximum Gasteiger partial charge on any atom is 0.0591 e. The Morgan fingerprint density at radius 3 is 2.72 bits per heavy atom. The van der Waals surface area contributed by atoms with E-state index in [1.807, 2.05) is 0 Å². The molecule has 2 nitrogen and oxygen atoms in total. The number of ether oxygens (including phenoxy) is 1. The van der Waals surface area contributed by atoms with E-state index in [0.717, 1.165) is 38.5 Å². The molecule has 0 saturated heterocycles. The average Bonchev–Trinajstić information content (AvgIpc) is 3.23. The Kier molecular flexibility index (Phi) is 5.69. The maximum atomic E-state index is 5.64. The quantitative estimate of drug-likeness (QED) is 0.677. The van der Waals surface area contributed by atoms with Crippen LogP contribution < -0.4 is 5.32 Å². The summed E-state index contributed by atoms with van der Waals surface area (Å²) in [6.07, 6.45) is 5.05. The molecule has 0 heterocycles. The molecule has 0 bridgehead atoms. The van der Waals surface area contributed by atoms with Crippen LogP contribution in [0.25, 0.3) is 0 Å². The lowest BCUT2D eigenvalue weighted by Gasteiger charge is -2.12. The standard InChI is InChI=1S/C16H25NO/c1-14(16-9-10-16)17-11-13-18-12-5-8-15-6-3-2-4-7-15/h2-4,6-7,14,16-17H,5,8-13H2,1H3. The minimum atomic E-state index is 0.679. The van der Waals surface area contributed by atoms with Crippen molar-refractivity contribution in [3.05, 3.63) is 35.9 Å². The molecule has 18 heavy (non-hydrogen) atoms. The first-order valence-corrected chi connectivity index (χ1v) is 7.21. The molecule has 1 atom stereocenters. The van der Waals surface area contributed by atoms with Crippen molar-refractivity contribution in [2.45, 2.75) is 38.6 Å². The zero-order valence-corrected chi connectivity index (χ0v) is 11.4. The first-order valence-electron chi connectivity index (χ1n) is 7.21. The van der Waals surface area contributed by atoms with E-state index in [4.69, 9.17) is 4.74 Å². The summed E-state index contributed by atoms with van der Waals surface area (Å²) in [5.41, 5.74) is 1.40. The molecule has 0 amide bonds. The summed E-state index contributed by atoms with van der Waals surface area (Å²) in [7, 11) is 0. The van der Waals surface area contributed by atoms with Crippen LogP contribution in [0.3, 0.4) is 0 Å². The molecule has 1 aromatic rings. The van der Waals surface area contributed by atoms with Crippen LogP contribution in [0.2, 0.25) is 0 Å². The minimum Gasteiger partial charge on any atom is -0.380 e. The zero-order valence-electron chi connectivity index (χ0n) is 11.4. The second-order valence-corrected chi connectivity index (χ2v) is 5.28. The first-order chi connectivity index (χ1) is 8.86. The topological polar surface area (TPSA) is 21.3 Å². The van der Waals surface area contributed by atoms with Gasteiger partial charge < -0.3 is 10.1 Å². The van der Waals surface area contributed by atoms with Crippen LogP contribution in [0.15, 0.2) is 30.3 Å². The van der Waals surface area contributed by atoms with Gasteiger partial charge in [-0.05, 0) is 44.1 Å². The van der Waals surface area contributed by atoms with Crippen LogP contribution in [0, 0.1) is 5.92 Å². The number of nitrogens with one attached hydrogen (secondary N) is 1. The molecule has 1 aliphatic rings. The number of benzene rings is 1.